The van der Waals surface area contributed by atoms with Crippen molar-refractivity contribution in [2.75, 3.05) is 13.3 Å². The second kappa shape index (κ2) is 5.00. The number of nitrogens with one attached hydrogen (secondary N) is 1. The van der Waals surface area contributed by atoms with E-state index in [0.717, 1.165) is 0 Å². The highest BCUT2D eigenvalue weighted by Crippen LogP contribution is 2.31. The minimum atomic E-state index is -1.67. The van der Waals surface area contributed by atoms with Gasteiger partial charge in [0.1, 0.15) is 24.7 Å². The molecule has 1 saturated heterocycles. The van der Waals surface area contributed by atoms with E-state index in [1.54, 1.807) is 4.90 Å². The molecular weight excluding hydrogens is 323 g/mol. The van der Waals surface area contributed by atoms with Crippen LogP contribution in [0.3, 0.4) is 0 Å². The minimum Gasteiger partial charge on any atom is -0.394 e. The van der Waals surface area contributed by atoms with E-state index >= 15 is 0 Å². The summed E-state index contributed by atoms with van der Waals surface area (Å²) in [7, 11) is 0. The number of ether oxygens (including phenoxy) is 1. The van der Waals surface area contributed by atoms with Crippen molar-refractivity contribution < 1.29 is 14.9 Å². The number of aliphatic hydroxyl groups excluding tert-OH is 2. The zero-order valence-electron chi connectivity index (χ0n) is 10.9. The molecule has 7 N–H and O–H groups in total. The standard InChI is InChI=1S/C10H16Cl2N6O3/c11-9(13)7-8(16-10(12,14)17-9)18(3-15-7)6-1-4(20)5(2-19)21-6/h4-6,17,19-20H,1-3,13-14H2/t4-,5+,6+,9?,10?/m0/s1. The van der Waals surface area contributed by atoms with Crippen LogP contribution in [-0.2, 0) is 4.74 Å². The molecule has 0 radical (unpaired) electrons. The van der Waals surface area contributed by atoms with E-state index in [2.05, 4.69) is 15.3 Å². The fraction of sp³-hybridized carbons (Fsp3) is 0.800. The van der Waals surface area contributed by atoms with Crippen molar-refractivity contribution in [3.63, 3.8) is 0 Å². The molecule has 1 fully saturated rings. The van der Waals surface area contributed by atoms with Crippen molar-refractivity contribution in [2.45, 2.75) is 35.2 Å². The lowest BCUT2D eigenvalue weighted by Gasteiger charge is -2.37. The molecule has 0 saturated carbocycles. The number of nitrogens with zero attached hydrogens (tertiary/aromatic N) is 3. The summed E-state index contributed by atoms with van der Waals surface area (Å²) >= 11 is 12.1. The smallest absolute Gasteiger partial charge is 0.246 e. The third-order valence-corrected chi connectivity index (χ3v) is 4.02. The van der Waals surface area contributed by atoms with Gasteiger partial charge in [-0.1, -0.05) is 23.2 Å². The Labute approximate surface area is 130 Å². The van der Waals surface area contributed by atoms with Gasteiger partial charge >= 0.3 is 0 Å². The van der Waals surface area contributed by atoms with Gasteiger partial charge in [-0.05, 0) is 0 Å². The molecule has 0 aromatic carbocycles. The van der Waals surface area contributed by atoms with Crippen LogP contribution < -0.4 is 16.8 Å². The normalized spacial score (nSPS) is 46.4. The molecule has 2 unspecified atom stereocenters. The largest absolute Gasteiger partial charge is 0.394 e. The Bertz CT molecular complexity index is 511. The van der Waals surface area contributed by atoms with Gasteiger partial charge < -0.3 is 19.8 Å². The van der Waals surface area contributed by atoms with Crippen LogP contribution in [0.1, 0.15) is 6.42 Å². The van der Waals surface area contributed by atoms with Gasteiger partial charge in [0.05, 0.1) is 12.7 Å². The molecule has 3 heterocycles. The quantitative estimate of drug-likeness (QED) is 0.285. The number of aliphatic hydroxyl groups is 2. The molecule has 9 nitrogen and oxygen atoms in total. The monoisotopic (exact) mass is 338 g/mol. The van der Waals surface area contributed by atoms with E-state index in [-0.39, 0.29) is 13.3 Å². The van der Waals surface area contributed by atoms with Crippen molar-refractivity contribution >= 4 is 34.7 Å². The van der Waals surface area contributed by atoms with Gasteiger partial charge in [0.25, 0.3) is 0 Å². The molecule has 118 valence electrons. The Morgan fingerprint density at radius 3 is 2.81 bits per heavy atom. The van der Waals surface area contributed by atoms with E-state index in [1.807, 2.05) is 0 Å². The van der Waals surface area contributed by atoms with Crippen LogP contribution in [0.4, 0.5) is 0 Å². The first kappa shape index (κ1) is 15.4. The SMILES string of the molecule is NC1(Cl)N=C2C(=NCN2[C@H]2C[C@H](O)[C@@H](CO)O2)C(N)(Cl)N1. The van der Waals surface area contributed by atoms with E-state index in [1.165, 1.54) is 0 Å². The number of fused-ring (bicyclic) bond motifs is 1. The summed E-state index contributed by atoms with van der Waals surface area (Å²) in [5.74, 6) is 0.319. The number of amidine groups is 1. The average Bonchev–Trinajstić information content (AvgIpc) is 2.90. The summed E-state index contributed by atoms with van der Waals surface area (Å²) in [5.41, 5.74) is 11.9. The van der Waals surface area contributed by atoms with E-state index < -0.39 is 28.8 Å². The van der Waals surface area contributed by atoms with Crippen molar-refractivity contribution in [1.82, 2.24) is 10.2 Å². The van der Waals surface area contributed by atoms with E-state index in [9.17, 15) is 5.11 Å². The molecule has 21 heavy (non-hydrogen) atoms. The summed E-state index contributed by atoms with van der Waals surface area (Å²) in [6.45, 7) is -0.0794. The van der Waals surface area contributed by atoms with E-state index in [4.69, 9.17) is 44.5 Å². The third-order valence-electron chi connectivity index (χ3n) is 3.57. The van der Waals surface area contributed by atoms with Crippen LogP contribution in [0, 0.1) is 0 Å². The molecular formula is C10H16Cl2N6O3. The fourth-order valence-electron chi connectivity index (χ4n) is 2.61. The lowest BCUT2D eigenvalue weighted by molar-refractivity contribution is -0.0562. The summed E-state index contributed by atoms with van der Waals surface area (Å²) in [5, 5.41) is 18.3. The maximum Gasteiger partial charge on any atom is 0.246 e. The molecule has 5 atom stereocenters. The Kier molecular flexibility index (Phi) is 3.66. The molecule has 0 aromatic rings. The van der Waals surface area contributed by atoms with Crippen LogP contribution in [0.25, 0.3) is 0 Å². The first-order valence-corrected chi connectivity index (χ1v) is 7.10. The van der Waals surface area contributed by atoms with E-state index in [0.29, 0.717) is 18.0 Å². The number of halogens is 2. The van der Waals surface area contributed by atoms with Gasteiger partial charge in [-0.3, -0.25) is 16.5 Å². The predicted octanol–water partition coefficient (Wildman–Crippen LogP) is -2.17. The van der Waals surface area contributed by atoms with Crippen LogP contribution in [0.5, 0.6) is 0 Å². The molecule has 0 aliphatic carbocycles. The topological polar surface area (TPSA) is 142 Å². The number of rotatable bonds is 2. The van der Waals surface area contributed by atoms with Gasteiger partial charge in [0.2, 0.25) is 5.25 Å². The molecule has 3 rings (SSSR count). The summed E-state index contributed by atoms with van der Waals surface area (Å²) in [6, 6.07) is 0. The number of hydrogen-bond donors (Lipinski definition) is 5. The fourth-order valence-corrected chi connectivity index (χ4v) is 3.18. The maximum atomic E-state index is 9.82. The first-order chi connectivity index (χ1) is 9.73. The summed E-state index contributed by atoms with van der Waals surface area (Å²) in [6.07, 6.45) is -1.65. The van der Waals surface area contributed by atoms with Crippen molar-refractivity contribution in [3.8, 4) is 0 Å². The van der Waals surface area contributed by atoms with Gasteiger partial charge in [0.15, 0.2) is 11.0 Å². The van der Waals surface area contributed by atoms with Crippen LogP contribution in [0.2, 0.25) is 0 Å². The first-order valence-electron chi connectivity index (χ1n) is 6.34. The highest BCUT2D eigenvalue weighted by atomic mass is 35.5. The van der Waals surface area contributed by atoms with Gasteiger partial charge in [0, 0.05) is 6.42 Å². The molecule has 0 spiro atoms. The Morgan fingerprint density at radius 1 is 1.48 bits per heavy atom. The zero-order valence-corrected chi connectivity index (χ0v) is 12.4. The zero-order chi connectivity index (χ0) is 15.4. The van der Waals surface area contributed by atoms with Gasteiger partial charge in [-0.2, -0.15) is 0 Å². The molecule has 0 bridgehead atoms. The number of hydrogen-bond acceptors (Lipinski definition) is 9. The highest BCUT2D eigenvalue weighted by molar-refractivity contribution is 6.56. The maximum absolute atomic E-state index is 9.82. The molecule has 0 aromatic heterocycles. The second-order valence-electron chi connectivity index (χ2n) is 5.18. The summed E-state index contributed by atoms with van der Waals surface area (Å²) in [4.78, 5) is 10.0. The Morgan fingerprint density at radius 2 is 2.19 bits per heavy atom. The Hall–Kier alpha value is -0.520. The molecule has 0 amide bonds. The number of aliphatic imine (C=N–C) groups is 2. The van der Waals surface area contributed by atoms with Gasteiger partial charge in [-0.25, -0.2) is 10.3 Å². The predicted molar refractivity (Wildman–Crippen MR) is 76.6 cm³/mol. The van der Waals surface area contributed by atoms with Crippen LogP contribution in [-0.4, -0.2) is 68.7 Å². The Balaban J connectivity index is 1.87. The summed E-state index contributed by atoms with van der Waals surface area (Å²) < 4.78 is 5.58. The second-order valence-corrected chi connectivity index (χ2v) is 6.35. The average molecular weight is 339 g/mol. The molecule has 3 aliphatic rings. The molecule has 3 aliphatic heterocycles. The van der Waals surface area contributed by atoms with Crippen molar-refractivity contribution in [2.24, 2.45) is 21.5 Å². The van der Waals surface area contributed by atoms with Crippen LogP contribution in [0.15, 0.2) is 9.98 Å². The molecule has 11 heteroatoms. The van der Waals surface area contributed by atoms with Crippen molar-refractivity contribution in [1.29, 1.82) is 0 Å². The minimum absolute atomic E-state index is 0.198. The van der Waals surface area contributed by atoms with Crippen LogP contribution >= 0.6 is 23.2 Å². The van der Waals surface area contributed by atoms with Gasteiger partial charge in [-0.15, -0.1) is 0 Å². The number of alkyl halides is 2. The lowest BCUT2D eigenvalue weighted by Crippen LogP contribution is -2.70. The van der Waals surface area contributed by atoms with Crippen molar-refractivity contribution in [3.05, 3.63) is 0 Å². The number of nitrogens with two attached hydrogens (primary N) is 2. The highest BCUT2D eigenvalue weighted by Gasteiger charge is 2.50. The lowest BCUT2D eigenvalue weighted by atomic mass is 10.1. The third kappa shape index (κ3) is 2.64.